The number of hydrogen-bond donors (Lipinski definition) is 0. The summed E-state index contributed by atoms with van der Waals surface area (Å²) < 4.78 is 4.02. The second-order valence-corrected chi connectivity index (χ2v) is 4.73. The SMILES string of the molecule is N#CCc1nc2ccccc2n1-c1cccc2nccn12. The van der Waals surface area contributed by atoms with Crippen LogP contribution in [0.2, 0.25) is 0 Å². The summed E-state index contributed by atoms with van der Waals surface area (Å²) in [6.45, 7) is 0. The van der Waals surface area contributed by atoms with Gasteiger partial charge in [0.2, 0.25) is 0 Å². The van der Waals surface area contributed by atoms with Gasteiger partial charge >= 0.3 is 0 Å². The molecular weight excluding hydrogens is 262 g/mol. The molecule has 0 radical (unpaired) electrons. The molecule has 1 aromatic carbocycles. The lowest BCUT2D eigenvalue weighted by atomic mass is 10.3. The molecule has 4 rings (SSSR count). The van der Waals surface area contributed by atoms with Gasteiger partial charge in [-0.25, -0.2) is 9.97 Å². The molecule has 5 heteroatoms. The normalized spacial score (nSPS) is 11.0. The van der Waals surface area contributed by atoms with Gasteiger partial charge in [-0.05, 0) is 24.3 Å². The molecule has 0 aliphatic rings. The monoisotopic (exact) mass is 273 g/mol. The average molecular weight is 273 g/mol. The number of benzene rings is 1. The summed E-state index contributed by atoms with van der Waals surface area (Å²) in [6, 6.07) is 16.0. The first kappa shape index (κ1) is 11.7. The van der Waals surface area contributed by atoms with Gasteiger partial charge in [0.05, 0.1) is 23.5 Å². The number of hydrogen-bond acceptors (Lipinski definition) is 3. The van der Waals surface area contributed by atoms with Crippen molar-refractivity contribution in [1.29, 1.82) is 5.26 Å². The second kappa shape index (κ2) is 4.46. The summed E-state index contributed by atoms with van der Waals surface area (Å²) in [5, 5.41) is 9.07. The highest BCUT2D eigenvalue weighted by molar-refractivity contribution is 5.78. The van der Waals surface area contributed by atoms with Gasteiger partial charge in [0.1, 0.15) is 17.3 Å². The van der Waals surface area contributed by atoms with Crippen LogP contribution in [0.5, 0.6) is 0 Å². The molecule has 4 aromatic rings. The first-order valence-electron chi connectivity index (χ1n) is 6.64. The van der Waals surface area contributed by atoms with E-state index in [1.54, 1.807) is 6.20 Å². The number of para-hydroxylation sites is 2. The Morgan fingerprint density at radius 2 is 2.00 bits per heavy atom. The highest BCUT2D eigenvalue weighted by atomic mass is 15.2. The summed E-state index contributed by atoms with van der Waals surface area (Å²) in [5.41, 5.74) is 2.75. The Morgan fingerprint density at radius 1 is 1.10 bits per heavy atom. The van der Waals surface area contributed by atoms with E-state index in [2.05, 4.69) is 16.0 Å². The fourth-order valence-corrected chi connectivity index (χ4v) is 2.64. The fourth-order valence-electron chi connectivity index (χ4n) is 2.64. The van der Waals surface area contributed by atoms with Crippen molar-refractivity contribution in [2.24, 2.45) is 0 Å². The standard InChI is InChI=1S/C16H11N5/c17-9-8-15-19-12-4-1-2-5-13(12)21(15)16-7-3-6-14-18-10-11-20(14)16/h1-7,10-11H,8H2. The molecule has 0 atom stereocenters. The Labute approximate surface area is 120 Å². The zero-order valence-electron chi connectivity index (χ0n) is 11.1. The van der Waals surface area contributed by atoms with Crippen LogP contribution >= 0.6 is 0 Å². The minimum Gasteiger partial charge on any atom is -0.285 e. The van der Waals surface area contributed by atoms with Crippen LogP contribution in [-0.4, -0.2) is 18.9 Å². The fraction of sp³-hybridized carbons (Fsp3) is 0.0625. The van der Waals surface area contributed by atoms with E-state index in [1.165, 1.54) is 0 Å². The number of nitrogens with zero attached hydrogens (tertiary/aromatic N) is 5. The largest absolute Gasteiger partial charge is 0.285 e. The summed E-state index contributed by atoms with van der Waals surface area (Å²) >= 11 is 0. The first-order chi connectivity index (χ1) is 10.4. The smallest absolute Gasteiger partial charge is 0.138 e. The van der Waals surface area contributed by atoms with Gasteiger partial charge in [-0.2, -0.15) is 5.26 Å². The van der Waals surface area contributed by atoms with Gasteiger partial charge in [-0.1, -0.05) is 18.2 Å². The van der Waals surface area contributed by atoms with E-state index in [0.29, 0.717) is 0 Å². The second-order valence-electron chi connectivity index (χ2n) is 4.73. The van der Waals surface area contributed by atoms with Crippen LogP contribution < -0.4 is 0 Å². The number of pyridine rings is 1. The lowest BCUT2D eigenvalue weighted by molar-refractivity contribution is 0.902. The van der Waals surface area contributed by atoms with Gasteiger partial charge in [0.15, 0.2) is 0 Å². The van der Waals surface area contributed by atoms with E-state index < -0.39 is 0 Å². The topological polar surface area (TPSA) is 58.9 Å². The molecule has 0 N–H and O–H groups in total. The van der Waals surface area contributed by atoms with Gasteiger partial charge in [-0.3, -0.25) is 8.97 Å². The van der Waals surface area contributed by atoms with Crippen molar-refractivity contribution in [1.82, 2.24) is 18.9 Å². The van der Waals surface area contributed by atoms with Crippen LogP contribution in [0, 0.1) is 11.3 Å². The van der Waals surface area contributed by atoms with Crippen LogP contribution in [0.4, 0.5) is 0 Å². The first-order valence-corrected chi connectivity index (χ1v) is 6.64. The van der Waals surface area contributed by atoms with Gasteiger partial charge in [0, 0.05) is 12.4 Å². The van der Waals surface area contributed by atoms with E-state index in [0.717, 1.165) is 28.3 Å². The van der Waals surface area contributed by atoms with Crippen LogP contribution in [0.25, 0.3) is 22.5 Å². The summed E-state index contributed by atoms with van der Waals surface area (Å²) in [5.74, 6) is 1.67. The van der Waals surface area contributed by atoms with Crippen molar-refractivity contribution in [2.75, 3.05) is 0 Å². The molecule has 0 bridgehead atoms. The average Bonchev–Trinajstić information content (AvgIpc) is 3.11. The Bertz CT molecular complexity index is 987. The number of aromatic nitrogens is 4. The number of nitriles is 1. The molecule has 0 amide bonds. The van der Waals surface area contributed by atoms with Crippen LogP contribution in [-0.2, 0) is 6.42 Å². The number of rotatable bonds is 2. The molecule has 100 valence electrons. The molecule has 0 fully saturated rings. The maximum atomic E-state index is 9.07. The van der Waals surface area contributed by atoms with E-state index in [-0.39, 0.29) is 6.42 Å². The Balaban J connectivity index is 2.12. The Hall–Kier alpha value is -3.13. The number of fused-ring (bicyclic) bond motifs is 2. The summed E-state index contributed by atoms with van der Waals surface area (Å²) in [7, 11) is 0. The maximum Gasteiger partial charge on any atom is 0.138 e. The Morgan fingerprint density at radius 3 is 2.90 bits per heavy atom. The van der Waals surface area contributed by atoms with Crippen LogP contribution in [0.15, 0.2) is 54.9 Å². The molecule has 3 aromatic heterocycles. The van der Waals surface area contributed by atoms with Crippen molar-refractivity contribution in [2.45, 2.75) is 6.42 Å². The van der Waals surface area contributed by atoms with Crippen LogP contribution in [0.1, 0.15) is 5.82 Å². The van der Waals surface area contributed by atoms with Gasteiger partial charge in [0.25, 0.3) is 0 Å². The highest BCUT2D eigenvalue weighted by Gasteiger charge is 2.13. The molecule has 0 aliphatic heterocycles. The number of imidazole rings is 2. The van der Waals surface area contributed by atoms with E-state index in [1.807, 2.05) is 57.6 Å². The van der Waals surface area contributed by atoms with Crippen molar-refractivity contribution >= 4 is 16.7 Å². The molecule has 0 aliphatic carbocycles. The lowest BCUT2D eigenvalue weighted by Crippen LogP contribution is -2.05. The zero-order valence-corrected chi connectivity index (χ0v) is 11.1. The maximum absolute atomic E-state index is 9.07. The van der Waals surface area contributed by atoms with Gasteiger partial charge < -0.3 is 0 Å². The quantitative estimate of drug-likeness (QED) is 0.564. The molecule has 0 unspecified atom stereocenters. The van der Waals surface area contributed by atoms with Crippen molar-refractivity contribution in [3.8, 4) is 11.9 Å². The molecule has 0 spiro atoms. The predicted octanol–water partition coefficient (Wildman–Crippen LogP) is 2.74. The van der Waals surface area contributed by atoms with E-state index in [4.69, 9.17) is 5.26 Å². The van der Waals surface area contributed by atoms with E-state index >= 15 is 0 Å². The molecule has 0 saturated heterocycles. The minimum atomic E-state index is 0.264. The van der Waals surface area contributed by atoms with Gasteiger partial charge in [-0.15, -0.1) is 0 Å². The van der Waals surface area contributed by atoms with Crippen molar-refractivity contribution in [3.05, 3.63) is 60.7 Å². The van der Waals surface area contributed by atoms with E-state index in [9.17, 15) is 0 Å². The Kier molecular flexibility index (Phi) is 2.48. The molecule has 5 nitrogen and oxygen atoms in total. The molecule has 3 heterocycles. The molecule has 21 heavy (non-hydrogen) atoms. The third-order valence-electron chi connectivity index (χ3n) is 3.50. The minimum absolute atomic E-state index is 0.264. The van der Waals surface area contributed by atoms with Crippen molar-refractivity contribution in [3.63, 3.8) is 0 Å². The summed E-state index contributed by atoms with van der Waals surface area (Å²) in [6.07, 6.45) is 3.94. The molecule has 0 saturated carbocycles. The predicted molar refractivity (Wildman–Crippen MR) is 79.1 cm³/mol. The van der Waals surface area contributed by atoms with Crippen LogP contribution in [0.3, 0.4) is 0 Å². The third-order valence-corrected chi connectivity index (χ3v) is 3.50. The zero-order chi connectivity index (χ0) is 14.2. The lowest BCUT2D eigenvalue weighted by Gasteiger charge is -2.10. The van der Waals surface area contributed by atoms with Crippen molar-refractivity contribution < 1.29 is 0 Å². The third kappa shape index (κ3) is 1.70. The summed E-state index contributed by atoms with van der Waals surface area (Å²) in [4.78, 5) is 8.89. The molecular formula is C16H11N5. The highest BCUT2D eigenvalue weighted by Crippen LogP contribution is 2.22.